The second-order valence-corrected chi connectivity index (χ2v) is 4.59. The van der Waals surface area contributed by atoms with Gasteiger partial charge in [-0.3, -0.25) is 0 Å². The molecule has 0 radical (unpaired) electrons. The molecule has 0 fully saturated rings. The van der Waals surface area contributed by atoms with Crippen molar-refractivity contribution in [2.45, 2.75) is 0 Å². The van der Waals surface area contributed by atoms with Crippen LogP contribution in [0.3, 0.4) is 0 Å². The fourth-order valence-electron chi connectivity index (χ4n) is 0.807. The molecule has 13 heavy (non-hydrogen) atoms. The van der Waals surface area contributed by atoms with Crippen LogP contribution in [-0.2, 0) is 9.84 Å². The van der Waals surface area contributed by atoms with Gasteiger partial charge in [0.25, 0.3) is 0 Å². The smallest absolute Gasteiger partial charge is 0.168 e. The Balaban J connectivity index is 3.00. The lowest BCUT2D eigenvalue weighted by molar-refractivity contribution is 0.610. The van der Waals surface area contributed by atoms with E-state index in [9.17, 15) is 12.8 Å². The van der Waals surface area contributed by atoms with Crippen LogP contribution in [0, 0.1) is 5.82 Å². The first-order chi connectivity index (χ1) is 5.99. The first kappa shape index (κ1) is 9.92. The molecule has 0 saturated heterocycles. The average molecular weight is 200 g/mol. The molecule has 0 aromatic heterocycles. The van der Waals surface area contributed by atoms with Gasteiger partial charge in [0.05, 0.1) is 0 Å². The summed E-state index contributed by atoms with van der Waals surface area (Å²) in [6, 6.07) is 5.98. The van der Waals surface area contributed by atoms with E-state index in [0.29, 0.717) is 0 Å². The minimum Gasteiger partial charge on any atom is -0.225 e. The Morgan fingerprint density at radius 2 is 1.92 bits per heavy atom. The van der Waals surface area contributed by atoms with Crippen LogP contribution in [0.15, 0.2) is 29.7 Å². The molecule has 0 amide bonds. The van der Waals surface area contributed by atoms with Crippen LogP contribution in [0.1, 0.15) is 5.56 Å². The van der Waals surface area contributed by atoms with E-state index in [1.165, 1.54) is 18.2 Å². The monoisotopic (exact) mass is 200 g/mol. The fourth-order valence-corrected chi connectivity index (χ4v) is 1.20. The molecule has 1 aromatic carbocycles. The maximum absolute atomic E-state index is 12.9. The van der Waals surface area contributed by atoms with Crippen molar-refractivity contribution in [1.82, 2.24) is 0 Å². The van der Waals surface area contributed by atoms with Gasteiger partial charge in [0.2, 0.25) is 0 Å². The SMILES string of the molecule is CS(=O)(=O)/C=C/c1ccccc1F. The second-order valence-electron chi connectivity index (χ2n) is 2.65. The number of halogens is 1. The molecule has 0 spiro atoms. The van der Waals surface area contributed by atoms with Gasteiger partial charge in [-0.1, -0.05) is 18.2 Å². The van der Waals surface area contributed by atoms with E-state index in [0.717, 1.165) is 11.7 Å². The van der Waals surface area contributed by atoms with Crippen molar-refractivity contribution in [3.05, 3.63) is 41.1 Å². The summed E-state index contributed by atoms with van der Waals surface area (Å²) in [5, 5.41) is 0.978. The predicted molar refractivity (Wildman–Crippen MR) is 50.3 cm³/mol. The molecule has 0 atom stereocenters. The molecule has 4 heteroatoms. The molecular formula is C9H9FO2S. The Hall–Kier alpha value is -1.16. The lowest BCUT2D eigenvalue weighted by Gasteiger charge is -1.93. The van der Waals surface area contributed by atoms with Gasteiger partial charge in [0.1, 0.15) is 5.82 Å². The van der Waals surface area contributed by atoms with Gasteiger partial charge in [-0.25, -0.2) is 12.8 Å². The first-order valence-corrected chi connectivity index (χ1v) is 5.57. The lowest BCUT2D eigenvalue weighted by atomic mass is 10.2. The van der Waals surface area contributed by atoms with Crippen molar-refractivity contribution in [3.63, 3.8) is 0 Å². The Labute approximate surface area is 76.6 Å². The average Bonchev–Trinajstić information content (AvgIpc) is 2.01. The molecule has 0 unspecified atom stereocenters. The fraction of sp³-hybridized carbons (Fsp3) is 0.111. The van der Waals surface area contributed by atoms with Gasteiger partial charge in [0, 0.05) is 17.2 Å². The number of rotatable bonds is 2. The standard InChI is InChI=1S/C9H9FO2S/c1-13(11,12)7-6-8-4-2-3-5-9(8)10/h2-7H,1H3/b7-6+. The molecule has 0 aliphatic heterocycles. The third-order valence-electron chi connectivity index (χ3n) is 1.40. The van der Waals surface area contributed by atoms with Crippen LogP contribution in [-0.4, -0.2) is 14.7 Å². The Kier molecular flexibility index (Phi) is 2.83. The maximum Gasteiger partial charge on any atom is 0.168 e. The predicted octanol–water partition coefficient (Wildman–Crippen LogP) is 1.84. The lowest BCUT2D eigenvalue weighted by Crippen LogP contribution is -1.88. The molecular weight excluding hydrogens is 191 g/mol. The van der Waals surface area contributed by atoms with E-state index in [2.05, 4.69) is 0 Å². The number of hydrogen-bond donors (Lipinski definition) is 0. The number of sulfone groups is 1. The zero-order chi connectivity index (χ0) is 9.90. The third kappa shape index (κ3) is 3.38. The van der Waals surface area contributed by atoms with Crippen molar-refractivity contribution in [2.24, 2.45) is 0 Å². The maximum atomic E-state index is 12.9. The van der Waals surface area contributed by atoms with Gasteiger partial charge in [0.15, 0.2) is 9.84 Å². The summed E-state index contributed by atoms with van der Waals surface area (Å²) in [4.78, 5) is 0. The van der Waals surface area contributed by atoms with E-state index in [-0.39, 0.29) is 5.56 Å². The van der Waals surface area contributed by atoms with Gasteiger partial charge in [-0.05, 0) is 12.1 Å². The highest BCUT2D eigenvalue weighted by atomic mass is 32.2. The molecule has 0 bridgehead atoms. The molecule has 0 N–H and O–H groups in total. The largest absolute Gasteiger partial charge is 0.225 e. The molecule has 0 saturated carbocycles. The Morgan fingerprint density at radius 1 is 1.31 bits per heavy atom. The highest BCUT2D eigenvalue weighted by Crippen LogP contribution is 2.08. The summed E-state index contributed by atoms with van der Waals surface area (Å²) < 4.78 is 34.3. The van der Waals surface area contributed by atoms with E-state index >= 15 is 0 Å². The topological polar surface area (TPSA) is 34.1 Å². The number of hydrogen-bond acceptors (Lipinski definition) is 2. The third-order valence-corrected chi connectivity index (χ3v) is 2.03. The van der Waals surface area contributed by atoms with Crippen molar-refractivity contribution in [2.75, 3.05) is 6.26 Å². The minimum atomic E-state index is -3.19. The summed E-state index contributed by atoms with van der Waals surface area (Å²) in [5.41, 5.74) is 0.271. The molecule has 0 aliphatic rings. The number of benzene rings is 1. The molecule has 70 valence electrons. The normalized spacial score (nSPS) is 12.2. The van der Waals surface area contributed by atoms with E-state index in [1.54, 1.807) is 12.1 Å². The van der Waals surface area contributed by atoms with Gasteiger partial charge < -0.3 is 0 Å². The van der Waals surface area contributed by atoms with Crippen molar-refractivity contribution in [3.8, 4) is 0 Å². The molecule has 0 heterocycles. The quantitative estimate of drug-likeness (QED) is 0.730. The summed E-state index contributed by atoms with van der Waals surface area (Å²) in [7, 11) is -3.19. The van der Waals surface area contributed by atoms with E-state index in [1.807, 2.05) is 0 Å². The molecule has 0 aliphatic carbocycles. The highest BCUT2D eigenvalue weighted by Gasteiger charge is 1.97. The summed E-state index contributed by atoms with van der Waals surface area (Å²) >= 11 is 0. The van der Waals surface area contributed by atoms with Crippen molar-refractivity contribution in [1.29, 1.82) is 0 Å². The summed E-state index contributed by atoms with van der Waals surface area (Å²) in [6.07, 6.45) is 2.30. The van der Waals surface area contributed by atoms with E-state index < -0.39 is 15.7 Å². The van der Waals surface area contributed by atoms with Gasteiger partial charge in [-0.2, -0.15) is 0 Å². The molecule has 1 rings (SSSR count). The summed E-state index contributed by atoms with van der Waals surface area (Å²) in [5.74, 6) is -0.428. The van der Waals surface area contributed by atoms with Crippen LogP contribution in [0.25, 0.3) is 6.08 Å². The Bertz CT molecular complexity index is 421. The van der Waals surface area contributed by atoms with Gasteiger partial charge in [-0.15, -0.1) is 0 Å². The highest BCUT2D eigenvalue weighted by molar-refractivity contribution is 7.93. The molecule has 1 aromatic rings. The second kappa shape index (κ2) is 3.70. The zero-order valence-corrected chi connectivity index (χ0v) is 7.88. The van der Waals surface area contributed by atoms with Gasteiger partial charge >= 0.3 is 0 Å². The van der Waals surface area contributed by atoms with E-state index in [4.69, 9.17) is 0 Å². The van der Waals surface area contributed by atoms with Crippen LogP contribution in [0.4, 0.5) is 4.39 Å². The van der Waals surface area contributed by atoms with Crippen LogP contribution in [0.2, 0.25) is 0 Å². The van der Waals surface area contributed by atoms with Crippen LogP contribution in [0.5, 0.6) is 0 Å². The first-order valence-electron chi connectivity index (χ1n) is 3.62. The molecule has 2 nitrogen and oxygen atoms in total. The van der Waals surface area contributed by atoms with Crippen molar-refractivity contribution >= 4 is 15.9 Å². The Morgan fingerprint density at radius 3 is 2.46 bits per heavy atom. The zero-order valence-electron chi connectivity index (χ0n) is 7.07. The van der Waals surface area contributed by atoms with Crippen LogP contribution < -0.4 is 0 Å². The minimum absolute atomic E-state index is 0.271. The summed E-state index contributed by atoms with van der Waals surface area (Å²) in [6.45, 7) is 0. The van der Waals surface area contributed by atoms with Crippen molar-refractivity contribution < 1.29 is 12.8 Å². The van der Waals surface area contributed by atoms with Crippen LogP contribution >= 0.6 is 0 Å².